The number of halogens is 1. The van der Waals surface area contributed by atoms with Crippen LogP contribution in [0.15, 0.2) is 10.6 Å². The van der Waals surface area contributed by atoms with Gasteiger partial charge in [0.15, 0.2) is 0 Å². The molecule has 2 heteroatoms. The van der Waals surface area contributed by atoms with Crippen LogP contribution in [0.3, 0.4) is 0 Å². The molecule has 0 N–H and O–H groups in total. The molecule has 0 aromatic carbocycles. The summed E-state index contributed by atoms with van der Waals surface area (Å²) in [6.07, 6.45) is 4.09. The van der Waals surface area contributed by atoms with Gasteiger partial charge in [0.2, 0.25) is 0 Å². The first-order valence-electron chi connectivity index (χ1n) is 3.64. The highest BCUT2D eigenvalue weighted by Crippen LogP contribution is 2.51. The Balaban J connectivity index is 2.20. The molecule has 0 aliphatic heterocycles. The van der Waals surface area contributed by atoms with Crippen molar-refractivity contribution in [1.29, 1.82) is 0 Å². The van der Waals surface area contributed by atoms with Crippen molar-refractivity contribution in [3.63, 3.8) is 0 Å². The zero-order chi connectivity index (χ0) is 7.14. The first kappa shape index (κ1) is 6.41. The quantitative estimate of drug-likeness (QED) is 0.532. The Morgan fingerprint density at radius 2 is 2.10 bits per heavy atom. The highest BCUT2D eigenvalue weighted by atomic mass is 35.5. The highest BCUT2D eigenvalue weighted by molar-refractivity contribution is 6.31. The van der Waals surface area contributed by atoms with Crippen molar-refractivity contribution in [2.45, 2.75) is 19.3 Å². The van der Waals surface area contributed by atoms with E-state index < -0.39 is 0 Å². The lowest BCUT2D eigenvalue weighted by molar-refractivity contribution is -0.105. The summed E-state index contributed by atoms with van der Waals surface area (Å²) in [7, 11) is 0. The van der Waals surface area contributed by atoms with Crippen molar-refractivity contribution in [2.75, 3.05) is 0 Å². The summed E-state index contributed by atoms with van der Waals surface area (Å²) in [4.78, 5) is 10.4. The van der Waals surface area contributed by atoms with Crippen LogP contribution in [0, 0.1) is 11.8 Å². The predicted molar refractivity (Wildman–Crippen MR) is 39.8 cm³/mol. The molecule has 2 atom stereocenters. The molecular weight excluding hydrogens is 148 g/mol. The molecule has 1 saturated carbocycles. The topological polar surface area (TPSA) is 17.1 Å². The van der Waals surface area contributed by atoms with E-state index in [9.17, 15) is 4.79 Å². The number of carbonyl (C=O) groups excluding carboxylic acids is 1. The van der Waals surface area contributed by atoms with Crippen LogP contribution < -0.4 is 0 Å². The molecule has 0 aromatic heterocycles. The number of allylic oxidation sites excluding steroid dienone is 2. The molecule has 0 spiro atoms. The third kappa shape index (κ3) is 0.891. The maximum atomic E-state index is 10.4. The van der Waals surface area contributed by atoms with Crippen LogP contribution in [-0.4, -0.2) is 6.29 Å². The Labute approximate surface area is 65.1 Å². The number of rotatable bonds is 1. The van der Waals surface area contributed by atoms with Crippen LogP contribution in [-0.2, 0) is 4.79 Å². The molecule has 0 aromatic rings. The summed E-state index contributed by atoms with van der Waals surface area (Å²) in [6.45, 7) is 0. The lowest BCUT2D eigenvalue weighted by Gasteiger charge is -2.09. The average molecular weight is 157 g/mol. The maximum absolute atomic E-state index is 10.4. The second-order valence-corrected chi connectivity index (χ2v) is 3.67. The Morgan fingerprint density at radius 3 is 2.80 bits per heavy atom. The van der Waals surface area contributed by atoms with Crippen molar-refractivity contribution in [2.24, 2.45) is 11.8 Å². The van der Waals surface area contributed by atoms with Crippen molar-refractivity contribution in [3.05, 3.63) is 10.6 Å². The molecule has 2 aliphatic carbocycles. The van der Waals surface area contributed by atoms with Crippen LogP contribution in [0.4, 0.5) is 0 Å². The van der Waals surface area contributed by atoms with E-state index in [4.69, 9.17) is 11.6 Å². The van der Waals surface area contributed by atoms with E-state index in [-0.39, 0.29) is 0 Å². The van der Waals surface area contributed by atoms with E-state index in [2.05, 4.69) is 0 Å². The van der Waals surface area contributed by atoms with Gasteiger partial charge in [-0.15, -0.1) is 0 Å². The number of fused-ring (bicyclic) bond motifs is 1. The lowest BCUT2D eigenvalue weighted by atomic mass is 10.0. The van der Waals surface area contributed by atoms with E-state index in [1.807, 2.05) is 0 Å². The smallest absolute Gasteiger partial charge is 0.147 e. The fraction of sp³-hybridized carbons (Fsp3) is 0.625. The Hall–Kier alpha value is -0.300. The molecule has 0 heterocycles. The van der Waals surface area contributed by atoms with Gasteiger partial charge >= 0.3 is 0 Å². The lowest BCUT2D eigenvalue weighted by Crippen LogP contribution is -1.99. The van der Waals surface area contributed by atoms with Crippen molar-refractivity contribution in [1.82, 2.24) is 0 Å². The monoisotopic (exact) mass is 156 g/mol. The maximum Gasteiger partial charge on any atom is 0.147 e. The van der Waals surface area contributed by atoms with Gasteiger partial charge in [-0.2, -0.15) is 0 Å². The molecule has 0 amide bonds. The zero-order valence-corrected chi connectivity index (χ0v) is 6.40. The van der Waals surface area contributed by atoms with Crippen LogP contribution in [0.2, 0.25) is 0 Å². The summed E-state index contributed by atoms with van der Waals surface area (Å²) in [5, 5.41) is 0.814. The zero-order valence-electron chi connectivity index (χ0n) is 5.64. The summed E-state index contributed by atoms with van der Waals surface area (Å²) >= 11 is 5.85. The molecule has 0 saturated heterocycles. The molecule has 54 valence electrons. The summed E-state index contributed by atoms with van der Waals surface area (Å²) in [5.41, 5.74) is 0.848. The molecular formula is C8H9ClO. The number of hydrogen-bond acceptors (Lipinski definition) is 1. The van der Waals surface area contributed by atoms with Gasteiger partial charge in [0.1, 0.15) is 6.29 Å². The Kier molecular flexibility index (Phi) is 1.34. The Morgan fingerprint density at radius 1 is 1.40 bits per heavy atom. The fourth-order valence-electron chi connectivity index (χ4n) is 1.68. The third-order valence-corrected chi connectivity index (χ3v) is 2.88. The van der Waals surface area contributed by atoms with Crippen molar-refractivity contribution < 1.29 is 4.79 Å². The molecule has 0 radical (unpaired) electrons. The second kappa shape index (κ2) is 2.09. The molecule has 0 bridgehead atoms. The molecule has 1 nitrogen and oxygen atoms in total. The largest absolute Gasteiger partial charge is 0.298 e. The van der Waals surface area contributed by atoms with Gasteiger partial charge in [-0.25, -0.2) is 0 Å². The van der Waals surface area contributed by atoms with Gasteiger partial charge in [0.25, 0.3) is 0 Å². The van der Waals surface area contributed by atoms with E-state index in [1.165, 1.54) is 6.42 Å². The number of carbonyl (C=O) groups is 1. The molecule has 1 fully saturated rings. The normalized spacial score (nSPS) is 37.3. The van der Waals surface area contributed by atoms with E-state index in [0.717, 1.165) is 41.6 Å². The Bertz CT molecular complexity index is 207. The first-order chi connectivity index (χ1) is 4.81. The van der Waals surface area contributed by atoms with Gasteiger partial charge in [0, 0.05) is 10.6 Å². The first-order valence-corrected chi connectivity index (χ1v) is 4.01. The van der Waals surface area contributed by atoms with Crippen LogP contribution in [0.5, 0.6) is 0 Å². The molecule has 10 heavy (non-hydrogen) atoms. The van der Waals surface area contributed by atoms with Gasteiger partial charge in [-0.3, -0.25) is 4.79 Å². The van der Waals surface area contributed by atoms with Crippen LogP contribution in [0.1, 0.15) is 19.3 Å². The molecule has 2 aliphatic rings. The summed E-state index contributed by atoms with van der Waals surface area (Å²) in [6, 6.07) is 0. The second-order valence-electron chi connectivity index (χ2n) is 3.21. The van der Waals surface area contributed by atoms with Crippen LogP contribution in [0.25, 0.3) is 0 Å². The minimum Gasteiger partial charge on any atom is -0.298 e. The van der Waals surface area contributed by atoms with Gasteiger partial charge in [-0.1, -0.05) is 11.6 Å². The van der Waals surface area contributed by atoms with E-state index in [1.54, 1.807) is 0 Å². The minimum atomic E-state index is 0.794. The summed E-state index contributed by atoms with van der Waals surface area (Å²) < 4.78 is 0. The SMILES string of the molecule is O=CC1=C(Cl)CC2CC2C1. The average Bonchev–Trinajstić information content (AvgIpc) is 2.64. The minimum absolute atomic E-state index is 0.794. The van der Waals surface area contributed by atoms with Gasteiger partial charge in [0.05, 0.1) is 0 Å². The third-order valence-electron chi connectivity index (χ3n) is 2.48. The fourth-order valence-corrected chi connectivity index (χ4v) is 2.00. The van der Waals surface area contributed by atoms with Crippen molar-refractivity contribution in [3.8, 4) is 0 Å². The van der Waals surface area contributed by atoms with E-state index >= 15 is 0 Å². The summed E-state index contributed by atoms with van der Waals surface area (Å²) in [5.74, 6) is 1.61. The highest BCUT2D eigenvalue weighted by Gasteiger charge is 2.41. The molecule has 2 unspecified atom stereocenters. The van der Waals surface area contributed by atoms with Gasteiger partial charge < -0.3 is 0 Å². The number of aldehydes is 1. The standard InChI is InChI=1S/C8H9ClO/c9-8-3-6-1-5(6)2-7(8)4-10/h4-6H,1-3H2. The predicted octanol–water partition coefficient (Wildman–Crippen LogP) is 2.11. The number of hydrogen-bond donors (Lipinski definition) is 0. The van der Waals surface area contributed by atoms with Gasteiger partial charge in [-0.05, 0) is 31.1 Å². The van der Waals surface area contributed by atoms with E-state index in [0.29, 0.717) is 0 Å². The van der Waals surface area contributed by atoms with Crippen LogP contribution >= 0.6 is 11.6 Å². The molecule has 2 rings (SSSR count). The van der Waals surface area contributed by atoms with Crippen molar-refractivity contribution >= 4 is 17.9 Å².